The zero-order chi connectivity index (χ0) is 30.4. The third-order valence-electron chi connectivity index (χ3n) is 8.02. The lowest BCUT2D eigenvalue weighted by atomic mass is 9.96. The molecule has 0 amide bonds. The van der Waals surface area contributed by atoms with Crippen LogP contribution in [0, 0.1) is 6.92 Å². The minimum absolute atomic E-state index is 0.0326. The molecule has 6 rings (SSSR count). The fraction of sp³-hybridized carbons (Fsp3) is 0.250. The number of aromatic nitrogens is 4. The van der Waals surface area contributed by atoms with Crippen LogP contribution in [0.15, 0.2) is 59.5 Å². The van der Waals surface area contributed by atoms with Gasteiger partial charge in [-0.25, -0.2) is 23.4 Å². The number of halogens is 3. The van der Waals surface area contributed by atoms with E-state index in [1.807, 2.05) is 44.3 Å². The molecule has 2 N–H and O–H groups in total. The molecule has 43 heavy (non-hydrogen) atoms. The van der Waals surface area contributed by atoms with E-state index in [1.165, 1.54) is 24.9 Å². The maximum Gasteiger partial charge on any atom is 0.280 e. The SMILES string of the molecule is CNC1CCc2cc(-c3cccc(-c4cccc(Nc5nc(C(F)F)cc6cnn(C)c(=O)c56)c4C)c3Cl)nc(OC)c21. The predicted molar refractivity (Wildman–Crippen MR) is 165 cm³/mol. The number of nitrogens with zero attached hydrogens (tertiary/aromatic N) is 4. The van der Waals surface area contributed by atoms with Crippen LogP contribution in [0.25, 0.3) is 33.2 Å². The summed E-state index contributed by atoms with van der Waals surface area (Å²) in [5.41, 5.74) is 5.82. The molecule has 0 radical (unpaired) electrons. The largest absolute Gasteiger partial charge is 0.481 e. The number of fused-ring (bicyclic) bond motifs is 2. The van der Waals surface area contributed by atoms with E-state index in [4.69, 9.17) is 21.3 Å². The molecule has 0 fully saturated rings. The van der Waals surface area contributed by atoms with Crippen LogP contribution in [-0.4, -0.2) is 33.9 Å². The van der Waals surface area contributed by atoms with Crippen molar-refractivity contribution < 1.29 is 13.5 Å². The monoisotopic (exact) mass is 602 g/mol. The number of benzene rings is 2. The third kappa shape index (κ3) is 5.00. The van der Waals surface area contributed by atoms with Gasteiger partial charge in [-0.2, -0.15) is 5.10 Å². The first-order chi connectivity index (χ1) is 20.7. The van der Waals surface area contributed by atoms with Crippen LogP contribution >= 0.6 is 11.6 Å². The lowest BCUT2D eigenvalue weighted by molar-refractivity contribution is 0.146. The minimum Gasteiger partial charge on any atom is -0.481 e. The highest BCUT2D eigenvalue weighted by Crippen LogP contribution is 2.43. The van der Waals surface area contributed by atoms with E-state index >= 15 is 0 Å². The summed E-state index contributed by atoms with van der Waals surface area (Å²) < 4.78 is 34.3. The molecule has 1 aliphatic rings. The zero-order valence-electron chi connectivity index (χ0n) is 24.0. The van der Waals surface area contributed by atoms with E-state index in [1.54, 1.807) is 13.2 Å². The molecule has 3 aromatic heterocycles. The Kier molecular flexibility index (Phi) is 7.57. The smallest absolute Gasteiger partial charge is 0.280 e. The number of nitrogens with one attached hydrogen (secondary N) is 2. The number of pyridine rings is 2. The number of hydrogen-bond acceptors (Lipinski definition) is 7. The summed E-state index contributed by atoms with van der Waals surface area (Å²) in [5, 5.41) is 11.4. The molecule has 0 spiro atoms. The Morgan fingerprint density at radius 3 is 2.58 bits per heavy atom. The molecule has 1 aliphatic carbocycles. The molecule has 11 heteroatoms. The molecule has 5 aromatic rings. The van der Waals surface area contributed by atoms with E-state index in [0.29, 0.717) is 16.6 Å². The summed E-state index contributed by atoms with van der Waals surface area (Å²) in [6.45, 7) is 1.90. The molecule has 220 valence electrons. The van der Waals surface area contributed by atoms with E-state index in [9.17, 15) is 13.6 Å². The van der Waals surface area contributed by atoms with E-state index in [0.717, 1.165) is 51.0 Å². The Morgan fingerprint density at radius 2 is 1.84 bits per heavy atom. The molecule has 8 nitrogen and oxygen atoms in total. The van der Waals surface area contributed by atoms with Crippen molar-refractivity contribution >= 4 is 33.9 Å². The number of rotatable bonds is 7. The van der Waals surface area contributed by atoms with Crippen molar-refractivity contribution in [2.75, 3.05) is 19.5 Å². The van der Waals surface area contributed by atoms with Gasteiger partial charge in [0.25, 0.3) is 12.0 Å². The van der Waals surface area contributed by atoms with Crippen LogP contribution in [0.4, 0.5) is 20.3 Å². The van der Waals surface area contributed by atoms with Gasteiger partial charge in [-0.15, -0.1) is 0 Å². The van der Waals surface area contributed by atoms with Gasteiger partial charge >= 0.3 is 0 Å². The van der Waals surface area contributed by atoms with Crippen LogP contribution in [0.5, 0.6) is 5.88 Å². The molecule has 1 unspecified atom stereocenters. The van der Waals surface area contributed by atoms with Crippen LogP contribution in [0.2, 0.25) is 5.02 Å². The fourth-order valence-electron chi connectivity index (χ4n) is 5.79. The average Bonchev–Trinajstić information content (AvgIpc) is 3.43. The second-order valence-electron chi connectivity index (χ2n) is 10.5. The average molecular weight is 603 g/mol. The summed E-state index contributed by atoms with van der Waals surface area (Å²) in [6, 6.07) is 14.8. The highest BCUT2D eigenvalue weighted by atomic mass is 35.5. The van der Waals surface area contributed by atoms with E-state index < -0.39 is 17.7 Å². The van der Waals surface area contributed by atoms with Gasteiger partial charge in [-0.3, -0.25) is 4.79 Å². The standard InChI is InChI=1S/C32H29ClF2N6O2/c1-16-19(7-6-10-22(16)38-30-27-18(14-25(39-30)29(34)35)15-37-41(3)32(27)42)20-8-5-9-21(28(20)33)24-13-17-11-12-23(36-2)26(17)31(40-24)43-4/h5-10,13-15,23,29,36H,11-12H2,1-4H3,(H,38,39). The Labute approximate surface area is 251 Å². The molecule has 2 aromatic carbocycles. The Balaban J connectivity index is 1.44. The van der Waals surface area contributed by atoms with Crippen LogP contribution in [0.3, 0.4) is 0 Å². The first-order valence-electron chi connectivity index (χ1n) is 13.8. The van der Waals surface area contributed by atoms with Gasteiger partial charge in [0.1, 0.15) is 11.5 Å². The number of alkyl halides is 2. The van der Waals surface area contributed by atoms with Gasteiger partial charge in [-0.05, 0) is 61.7 Å². The van der Waals surface area contributed by atoms with Crippen molar-refractivity contribution in [2.45, 2.75) is 32.2 Å². The van der Waals surface area contributed by atoms with Crippen molar-refractivity contribution in [1.29, 1.82) is 0 Å². The van der Waals surface area contributed by atoms with Crippen LogP contribution in [-0.2, 0) is 13.5 Å². The highest BCUT2D eigenvalue weighted by Gasteiger charge is 2.28. The topological polar surface area (TPSA) is 94.0 Å². The van der Waals surface area contributed by atoms with Gasteiger partial charge in [0.2, 0.25) is 5.88 Å². The molecule has 1 atom stereocenters. The molecule has 0 bridgehead atoms. The normalized spacial score (nSPS) is 14.4. The van der Waals surface area contributed by atoms with E-state index in [2.05, 4.69) is 26.8 Å². The fourth-order valence-corrected chi connectivity index (χ4v) is 6.12. The maximum atomic E-state index is 13.7. The van der Waals surface area contributed by atoms with Crippen molar-refractivity contribution in [3.8, 4) is 28.3 Å². The number of aryl methyl sites for hydroxylation is 2. The molecular formula is C32H29ClF2N6O2. The summed E-state index contributed by atoms with van der Waals surface area (Å²) in [5.74, 6) is 0.616. The van der Waals surface area contributed by atoms with Gasteiger partial charge < -0.3 is 15.4 Å². The predicted octanol–water partition coefficient (Wildman–Crippen LogP) is 6.92. The summed E-state index contributed by atoms with van der Waals surface area (Å²) in [6.07, 6.45) is 0.433. The second-order valence-corrected chi connectivity index (χ2v) is 10.9. The summed E-state index contributed by atoms with van der Waals surface area (Å²) >= 11 is 7.08. The number of methoxy groups -OCH3 is 1. The first kappa shape index (κ1) is 28.7. The lowest BCUT2D eigenvalue weighted by Crippen LogP contribution is -2.20. The number of anilines is 2. The Morgan fingerprint density at radius 1 is 1.09 bits per heavy atom. The Bertz CT molecular complexity index is 1940. The summed E-state index contributed by atoms with van der Waals surface area (Å²) in [4.78, 5) is 21.9. The van der Waals surface area contributed by atoms with Crippen molar-refractivity contribution in [1.82, 2.24) is 25.1 Å². The molecule has 0 saturated carbocycles. The molecule has 3 heterocycles. The number of ether oxygens (including phenoxy) is 1. The van der Waals surface area contributed by atoms with Crippen LogP contribution in [0.1, 0.15) is 41.3 Å². The van der Waals surface area contributed by atoms with E-state index in [-0.39, 0.29) is 22.6 Å². The third-order valence-corrected chi connectivity index (χ3v) is 8.43. The summed E-state index contributed by atoms with van der Waals surface area (Å²) in [7, 11) is 5.06. The van der Waals surface area contributed by atoms with Gasteiger partial charge in [0.05, 0.1) is 29.4 Å². The van der Waals surface area contributed by atoms with Crippen molar-refractivity contribution in [3.05, 3.63) is 92.5 Å². The maximum absolute atomic E-state index is 13.7. The van der Waals surface area contributed by atoms with Crippen LogP contribution < -0.4 is 20.9 Å². The van der Waals surface area contributed by atoms with Gasteiger partial charge in [0.15, 0.2) is 0 Å². The molecular weight excluding hydrogens is 574 g/mol. The van der Waals surface area contributed by atoms with Crippen molar-refractivity contribution in [3.63, 3.8) is 0 Å². The zero-order valence-corrected chi connectivity index (χ0v) is 24.8. The van der Waals surface area contributed by atoms with Gasteiger partial charge in [0, 0.05) is 40.9 Å². The molecule has 0 saturated heterocycles. The van der Waals surface area contributed by atoms with Gasteiger partial charge in [-0.1, -0.05) is 41.9 Å². The number of hydrogen-bond donors (Lipinski definition) is 2. The molecule has 0 aliphatic heterocycles. The minimum atomic E-state index is -2.82. The van der Waals surface area contributed by atoms with Crippen molar-refractivity contribution in [2.24, 2.45) is 7.05 Å². The second kappa shape index (κ2) is 11.3. The quantitative estimate of drug-likeness (QED) is 0.209. The Hall–Kier alpha value is -4.41. The highest BCUT2D eigenvalue weighted by molar-refractivity contribution is 6.36. The first-order valence-corrected chi connectivity index (χ1v) is 14.2. The lowest BCUT2D eigenvalue weighted by Gasteiger charge is -2.18.